The van der Waals surface area contributed by atoms with E-state index in [2.05, 4.69) is 15.9 Å². The molecule has 2 aromatic carbocycles. The van der Waals surface area contributed by atoms with Crippen molar-refractivity contribution in [3.63, 3.8) is 0 Å². The summed E-state index contributed by atoms with van der Waals surface area (Å²) in [6, 6.07) is 10.2. The Bertz CT molecular complexity index is 596. The summed E-state index contributed by atoms with van der Waals surface area (Å²) in [4.78, 5) is 11.7. The normalized spacial score (nSPS) is 10.2. The molecule has 2 rings (SSSR count). The van der Waals surface area contributed by atoms with Gasteiger partial charge in [-0.15, -0.1) is 0 Å². The first-order chi connectivity index (χ1) is 9.06. The number of rotatable bonds is 3. The van der Waals surface area contributed by atoms with Crippen LogP contribution in [0.25, 0.3) is 0 Å². The Balaban J connectivity index is 2.02. The number of phenolic OH excluding ortho intramolecular Hbond substituents is 1. The van der Waals surface area contributed by atoms with E-state index in [1.165, 1.54) is 30.3 Å². The minimum absolute atomic E-state index is 0.0653. The Hall–Kier alpha value is -1.88. The molecule has 0 aliphatic rings. The molecule has 0 spiro atoms. The number of hydrogen-bond donors (Lipinski definition) is 1. The van der Waals surface area contributed by atoms with Gasteiger partial charge in [0.25, 0.3) is 0 Å². The molecule has 0 aliphatic carbocycles. The van der Waals surface area contributed by atoms with Crippen LogP contribution in [0, 0.1) is 5.82 Å². The quantitative estimate of drug-likeness (QED) is 0.876. The Labute approximate surface area is 117 Å². The molecule has 1 N–H and O–H groups in total. The second-order valence-electron chi connectivity index (χ2n) is 3.86. The Morgan fingerprint density at radius 3 is 2.53 bits per heavy atom. The van der Waals surface area contributed by atoms with Crippen molar-refractivity contribution in [1.82, 2.24) is 0 Å². The molecule has 0 heterocycles. The predicted molar refractivity (Wildman–Crippen MR) is 71.3 cm³/mol. The zero-order valence-corrected chi connectivity index (χ0v) is 11.4. The highest BCUT2D eigenvalue weighted by Gasteiger charge is 2.09. The van der Waals surface area contributed by atoms with E-state index in [0.717, 1.165) is 0 Å². The number of halogens is 2. The first-order valence-electron chi connectivity index (χ1n) is 5.46. The topological polar surface area (TPSA) is 46.5 Å². The summed E-state index contributed by atoms with van der Waals surface area (Å²) in [5.74, 6) is -0.939. The van der Waals surface area contributed by atoms with Crippen molar-refractivity contribution in [2.45, 2.75) is 6.61 Å². The standard InChI is InChI=1S/C14H10BrFO3/c15-11-4-1-10(13(16)7-11)8-19-14(18)9-2-5-12(17)6-3-9/h1-7,17H,8H2. The fourth-order valence-electron chi connectivity index (χ4n) is 1.46. The molecule has 0 bridgehead atoms. The highest BCUT2D eigenvalue weighted by molar-refractivity contribution is 9.10. The van der Waals surface area contributed by atoms with Crippen LogP contribution in [0.2, 0.25) is 0 Å². The molecule has 3 nitrogen and oxygen atoms in total. The smallest absolute Gasteiger partial charge is 0.338 e. The minimum Gasteiger partial charge on any atom is -0.508 e. The van der Waals surface area contributed by atoms with Crippen LogP contribution in [0.3, 0.4) is 0 Å². The zero-order valence-electron chi connectivity index (χ0n) is 9.77. The van der Waals surface area contributed by atoms with Crippen molar-refractivity contribution in [2.75, 3.05) is 0 Å². The van der Waals surface area contributed by atoms with E-state index < -0.39 is 11.8 Å². The number of hydrogen-bond acceptors (Lipinski definition) is 3. The molecule has 0 atom stereocenters. The van der Waals surface area contributed by atoms with Crippen LogP contribution in [0.1, 0.15) is 15.9 Å². The van der Waals surface area contributed by atoms with Crippen molar-refractivity contribution in [3.8, 4) is 5.75 Å². The van der Waals surface area contributed by atoms with E-state index in [0.29, 0.717) is 15.6 Å². The van der Waals surface area contributed by atoms with Gasteiger partial charge in [-0.2, -0.15) is 0 Å². The van der Waals surface area contributed by atoms with Crippen molar-refractivity contribution in [2.24, 2.45) is 0 Å². The summed E-state index contributed by atoms with van der Waals surface area (Å²) in [5, 5.41) is 9.10. The van der Waals surface area contributed by atoms with Gasteiger partial charge < -0.3 is 9.84 Å². The van der Waals surface area contributed by atoms with E-state index in [9.17, 15) is 9.18 Å². The highest BCUT2D eigenvalue weighted by atomic mass is 79.9. The predicted octanol–water partition coefficient (Wildman–Crippen LogP) is 3.65. The summed E-state index contributed by atoms with van der Waals surface area (Å²) in [6.45, 7) is -0.140. The lowest BCUT2D eigenvalue weighted by molar-refractivity contribution is 0.0469. The average Bonchev–Trinajstić information content (AvgIpc) is 2.38. The number of ether oxygens (including phenoxy) is 1. The monoisotopic (exact) mass is 324 g/mol. The lowest BCUT2D eigenvalue weighted by Crippen LogP contribution is -2.06. The van der Waals surface area contributed by atoms with Crippen LogP contribution < -0.4 is 0 Å². The molecule has 5 heteroatoms. The molecule has 0 fully saturated rings. The molecular formula is C14H10BrFO3. The fourth-order valence-corrected chi connectivity index (χ4v) is 1.80. The summed E-state index contributed by atoms with van der Waals surface area (Å²) in [5.41, 5.74) is 0.602. The van der Waals surface area contributed by atoms with Crippen LogP contribution in [-0.4, -0.2) is 11.1 Å². The number of carbonyl (C=O) groups excluding carboxylic acids is 1. The van der Waals surface area contributed by atoms with Gasteiger partial charge in [0.1, 0.15) is 18.2 Å². The SMILES string of the molecule is O=C(OCc1ccc(Br)cc1F)c1ccc(O)cc1. The van der Waals surface area contributed by atoms with Gasteiger partial charge in [0, 0.05) is 10.0 Å². The third-order valence-corrected chi connectivity index (χ3v) is 2.97. The fraction of sp³-hybridized carbons (Fsp3) is 0.0714. The van der Waals surface area contributed by atoms with Crippen molar-refractivity contribution >= 4 is 21.9 Å². The second-order valence-corrected chi connectivity index (χ2v) is 4.77. The second kappa shape index (κ2) is 5.84. The van der Waals surface area contributed by atoms with Gasteiger partial charge in [-0.1, -0.05) is 22.0 Å². The first kappa shape index (κ1) is 13.5. The Kier molecular flexibility index (Phi) is 4.16. The van der Waals surface area contributed by atoms with Gasteiger partial charge in [-0.3, -0.25) is 0 Å². The molecule has 2 aromatic rings. The summed E-state index contributed by atoms with van der Waals surface area (Å²) < 4.78 is 19.1. The van der Waals surface area contributed by atoms with E-state index in [4.69, 9.17) is 9.84 Å². The molecule has 0 saturated carbocycles. The Morgan fingerprint density at radius 2 is 1.89 bits per heavy atom. The van der Waals surface area contributed by atoms with Crippen LogP contribution in [-0.2, 0) is 11.3 Å². The Morgan fingerprint density at radius 1 is 1.21 bits per heavy atom. The van der Waals surface area contributed by atoms with Crippen LogP contribution in [0.5, 0.6) is 5.75 Å². The van der Waals surface area contributed by atoms with E-state index >= 15 is 0 Å². The zero-order chi connectivity index (χ0) is 13.8. The number of carbonyl (C=O) groups is 1. The van der Waals surface area contributed by atoms with Crippen LogP contribution >= 0.6 is 15.9 Å². The summed E-state index contributed by atoms with van der Waals surface area (Å²) in [7, 11) is 0. The van der Waals surface area contributed by atoms with E-state index in [1.54, 1.807) is 12.1 Å². The van der Waals surface area contributed by atoms with Crippen LogP contribution in [0.4, 0.5) is 4.39 Å². The maximum absolute atomic E-state index is 13.5. The largest absolute Gasteiger partial charge is 0.508 e. The highest BCUT2D eigenvalue weighted by Crippen LogP contribution is 2.17. The lowest BCUT2D eigenvalue weighted by atomic mass is 10.2. The maximum atomic E-state index is 13.5. The molecule has 98 valence electrons. The van der Waals surface area contributed by atoms with Gasteiger partial charge in [-0.25, -0.2) is 9.18 Å². The number of benzene rings is 2. The molecular weight excluding hydrogens is 315 g/mol. The van der Waals surface area contributed by atoms with Crippen molar-refractivity contribution in [1.29, 1.82) is 0 Å². The van der Waals surface area contributed by atoms with E-state index in [1.807, 2.05) is 0 Å². The maximum Gasteiger partial charge on any atom is 0.338 e. The summed E-state index contributed by atoms with van der Waals surface area (Å²) in [6.07, 6.45) is 0. The third kappa shape index (κ3) is 3.54. The van der Waals surface area contributed by atoms with Gasteiger partial charge in [-0.05, 0) is 36.4 Å². The molecule has 0 amide bonds. The van der Waals surface area contributed by atoms with Crippen molar-refractivity contribution in [3.05, 3.63) is 63.9 Å². The number of esters is 1. The average molecular weight is 325 g/mol. The number of phenols is 1. The summed E-state index contributed by atoms with van der Waals surface area (Å²) >= 11 is 3.15. The third-order valence-electron chi connectivity index (χ3n) is 2.48. The van der Waals surface area contributed by atoms with E-state index in [-0.39, 0.29) is 12.4 Å². The molecule has 0 saturated heterocycles. The lowest BCUT2D eigenvalue weighted by Gasteiger charge is -2.06. The minimum atomic E-state index is -0.567. The van der Waals surface area contributed by atoms with Gasteiger partial charge in [0.15, 0.2) is 0 Å². The molecule has 0 radical (unpaired) electrons. The number of aromatic hydroxyl groups is 1. The van der Waals surface area contributed by atoms with Crippen molar-refractivity contribution < 1.29 is 19.0 Å². The van der Waals surface area contributed by atoms with Gasteiger partial charge >= 0.3 is 5.97 Å². The molecule has 0 aliphatic heterocycles. The molecule has 19 heavy (non-hydrogen) atoms. The molecule has 0 aromatic heterocycles. The first-order valence-corrected chi connectivity index (χ1v) is 6.25. The van der Waals surface area contributed by atoms with Gasteiger partial charge in [0.2, 0.25) is 0 Å². The van der Waals surface area contributed by atoms with Gasteiger partial charge in [0.05, 0.1) is 5.56 Å². The van der Waals surface area contributed by atoms with Crippen LogP contribution in [0.15, 0.2) is 46.9 Å². The molecule has 0 unspecified atom stereocenters.